The van der Waals surface area contributed by atoms with Gasteiger partial charge in [-0.05, 0) is 50.6 Å². The molecule has 1 N–H and O–H groups in total. The van der Waals surface area contributed by atoms with E-state index in [-0.39, 0.29) is 6.10 Å². The molecule has 0 atom stereocenters. The summed E-state index contributed by atoms with van der Waals surface area (Å²) in [5, 5.41) is 4.13. The van der Waals surface area contributed by atoms with Gasteiger partial charge >= 0.3 is 0 Å². The molecule has 0 bridgehead atoms. The van der Waals surface area contributed by atoms with E-state index in [0.29, 0.717) is 0 Å². The van der Waals surface area contributed by atoms with Crippen LogP contribution in [0, 0.1) is 6.92 Å². The third-order valence-electron chi connectivity index (χ3n) is 2.79. The van der Waals surface area contributed by atoms with E-state index in [1.54, 1.807) is 0 Å². The molecule has 19 heavy (non-hydrogen) atoms. The fraction of sp³-hybridized carbons (Fsp3) is 0.250. The second-order valence-electron chi connectivity index (χ2n) is 4.70. The molecule has 0 radical (unpaired) electrons. The van der Waals surface area contributed by atoms with Crippen LogP contribution in [0.5, 0.6) is 5.75 Å². The molecule has 0 saturated carbocycles. The Labute approximate surface area is 119 Å². The van der Waals surface area contributed by atoms with Crippen molar-refractivity contribution in [1.29, 1.82) is 0 Å². The number of ether oxygens (including phenoxy) is 1. The average Bonchev–Trinajstić information content (AvgIpc) is 2.36. The van der Waals surface area contributed by atoms with Crippen molar-refractivity contribution in [2.24, 2.45) is 0 Å². The molecule has 0 saturated heterocycles. The quantitative estimate of drug-likeness (QED) is 0.830. The number of para-hydroxylation sites is 2. The van der Waals surface area contributed by atoms with Crippen molar-refractivity contribution in [3.63, 3.8) is 0 Å². The molecule has 0 heterocycles. The van der Waals surface area contributed by atoms with Crippen LogP contribution >= 0.6 is 11.6 Å². The summed E-state index contributed by atoms with van der Waals surface area (Å²) in [6.45, 7) is 6.03. The molecule has 0 aliphatic rings. The van der Waals surface area contributed by atoms with Crippen molar-refractivity contribution in [2.75, 3.05) is 5.32 Å². The smallest absolute Gasteiger partial charge is 0.143 e. The molecule has 2 rings (SSSR count). The fourth-order valence-electron chi connectivity index (χ4n) is 1.81. The highest BCUT2D eigenvalue weighted by Crippen LogP contribution is 2.31. The summed E-state index contributed by atoms with van der Waals surface area (Å²) in [7, 11) is 0. The van der Waals surface area contributed by atoms with Crippen LogP contribution in [0.15, 0.2) is 42.5 Å². The number of anilines is 2. The molecule has 0 aromatic heterocycles. The zero-order chi connectivity index (χ0) is 13.8. The second kappa shape index (κ2) is 5.98. The van der Waals surface area contributed by atoms with E-state index in [9.17, 15) is 0 Å². The highest BCUT2D eigenvalue weighted by molar-refractivity contribution is 6.31. The zero-order valence-electron chi connectivity index (χ0n) is 11.4. The zero-order valence-corrected chi connectivity index (χ0v) is 12.2. The molecule has 2 nitrogen and oxygen atoms in total. The van der Waals surface area contributed by atoms with E-state index in [4.69, 9.17) is 16.3 Å². The summed E-state index contributed by atoms with van der Waals surface area (Å²) in [4.78, 5) is 0. The Balaban J connectivity index is 2.30. The predicted octanol–water partition coefficient (Wildman–Crippen LogP) is 5.18. The molecular formula is C16H18ClNO. The summed E-state index contributed by atoms with van der Waals surface area (Å²) in [6.07, 6.45) is 0.142. The van der Waals surface area contributed by atoms with E-state index in [2.05, 4.69) is 5.32 Å². The van der Waals surface area contributed by atoms with Crippen molar-refractivity contribution in [1.82, 2.24) is 0 Å². The average molecular weight is 276 g/mol. The minimum atomic E-state index is 0.142. The molecular weight excluding hydrogens is 258 g/mol. The number of hydrogen-bond acceptors (Lipinski definition) is 2. The van der Waals surface area contributed by atoms with Gasteiger partial charge in [-0.1, -0.05) is 29.8 Å². The van der Waals surface area contributed by atoms with Crippen molar-refractivity contribution in [3.05, 3.63) is 53.1 Å². The molecule has 0 aliphatic heterocycles. The largest absolute Gasteiger partial charge is 0.489 e. The summed E-state index contributed by atoms with van der Waals surface area (Å²) in [6, 6.07) is 13.7. The van der Waals surface area contributed by atoms with Gasteiger partial charge in [-0.3, -0.25) is 0 Å². The summed E-state index contributed by atoms with van der Waals surface area (Å²) >= 11 is 6.13. The first-order valence-electron chi connectivity index (χ1n) is 6.35. The van der Waals surface area contributed by atoms with Gasteiger partial charge in [0.2, 0.25) is 0 Å². The molecule has 0 spiro atoms. The van der Waals surface area contributed by atoms with Crippen molar-refractivity contribution < 1.29 is 4.74 Å². The maximum Gasteiger partial charge on any atom is 0.143 e. The monoisotopic (exact) mass is 275 g/mol. The maximum atomic E-state index is 6.13. The summed E-state index contributed by atoms with van der Waals surface area (Å²) in [5.74, 6) is 0.844. The van der Waals surface area contributed by atoms with Gasteiger partial charge in [0.25, 0.3) is 0 Å². The fourth-order valence-corrected chi connectivity index (χ4v) is 1.99. The Morgan fingerprint density at radius 2 is 1.68 bits per heavy atom. The molecule has 2 aromatic rings. The Kier molecular flexibility index (Phi) is 4.33. The normalized spacial score (nSPS) is 10.6. The van der Waals surface area contributed by atoms with Gasteiger partial charge < -0.3 is 10.1 Å². The van der Waals surface area contributed by atoms with E-state index >= 15 is 0 Å². The van der Waals surface area contributed by atoms with Gasteiger partial charge in [-0.15, -0.1) is 0 Å². The lowest BCUT2D eigenvalue weighted by molar-refractivity contribution is 0.244. The molecule has 2 aromatic carbocycles. The van der Waals surface area contributed by atoms with E-state index < -0.39 is 0 Å². The summed E-state index contributed by atoms with van der Waals surface area (Å²) in [5.41, 5.74) is 2.97. The first kappa shape index (κ1) is 13.8. The first-order chi connectivity index (χ1) is 9.08. The van der Waals surface area contributed by atoms with E-state index in [1.165, 1.54) is 0 Å². The van der Waals surface area contributed by atoms with Crippen LogP contribution in [0.2, 0.25) is 5.02 Å². The Hall–Kier alpha value is -1.67. The van der Waals surface area contributed by atoms with Gasteiger partial charge in [-0.2, -0.15) is 0 Å². The van der Waals surface area contributed by atoms with Crippen LogP contribution < -0.4 is 10.1 Å². The van der Waals surface area contributed by atoms with Crippen molar-refractivity contribution in [3.8, 4) is 5.75 Å². The topological polar surface area (TPSA) is 21.3 Å². The molecule has 0 fully saturated rings. The lowest BCUT2D eigenvalue weighted by Crippen LogP contribution is -2.07. The highest BCUT2D eigenvalue weighted by Gasteiger charge is 2.07. The maximum absolute atomic E-state index is 6.13. The number of rotatable bonds is 4. The molecule has 100 valence electrons. The third-order valence-corrected chi connectivity index (χ3v) is 3.20. The molecule has 0 amide bonds. The van der Waals surface area contributed by atoms with Gasteiger partial charge in [0.15, 0.2) is 0 Å². The number of benzene rings is 2. The van der Waals surface area contributed by atoms with Gasteiger partial charge in [0, 0.05) is 10.7 Å². The predicted molar refractivity (Wildman–Crippen MR) is 81.7 cm³/mol. The van der Waals surface area contributed by atoms with Crippen LogP contribution in [0.25, 0.3) is 0 Å². The Morgan fingerprint density at radius 3 is 2.42 bits per heavy atom. The molecule has 3 heteroatoms. The highest BCUT2D eigenvalue weighted by atomic mass is 35.5. The third kappa shape index (κ3) is 3.42. The number of hydrogen-bond donors (Lipinski definition) is 1. The van der Waals surface area contributed by atoms with Gasteiger partial charge in [0.05, 0.1) is 11.8 Å². The van der Waals surface area contributed by atoms with Crippen molar-refractivity contribution in [2.45, 2.75) is 26.9 Å². The first-order valence-corrected chi connectivity index (χ1v) is 6.73. The molecule has 0 unspecified atom stereocenters. The lowest BCUT2D eigenvalue weighted by Gasteiger charge is -2.16. The van der Waals surface area contributed by atoms with Crippen LogP contribution in [0.3, 0.4) is 0 Å². The van der Waals surface area contributed by atoms with Crippen LogP contribution in [0.4, 0.5) is 11.4 Å². The van der Waals surface area contributed by atoms with Crippen LogP contribution in [-0.2, 0) is 0 Å². The Morgan fingerprint density at radius 1 is 1.00 bits per heavy atom. The standard InChI is InChI=1S/C16H18ClNO/c1-11(2)19-16-10-5-4-8-15(16)18-14-9-6-7-13(17)12(14)3/h4-11,18H,1-3H3. The van der Waals surface area contributed by atoms with E-state index in [1.807, 2.05) is 63.2 Å². The lowest BCUT2D eigenvalue weighted by atomic mass is 10.2. The number of nitrogens with one attached hydrogen (secondary N) is 1. The van der Waals surface area contributed by atoms with Crippen molar-refractivity contribution >= 4 is 23.0 Å². The minimum Gasteiger partial charge on any atom is -0.489 e. The van der Waals surface area contributed by atoms with Crippen LogP contribution in [-0.4, -0.2) is 6.10 Å². The second-order valence-corrected chi connectivity index (χ2v) is 5.11. The molecule has 0 aliphatic carbocycles. The van der Waals surface area contributed by atoms with Gasteiger partial charge in [0.1, 0.15) is 5.75 Å². The van der Waals surface area contributed by atoms with E-state index in [0.717, 1.165) is 27.7 Å². The SMILES string of the molecule is Cc1c(Cl)cccc1Nc1ccccc1OC(C)C. The van der Waals surface area contributed by atoms with Gasteiger partial charge in [-0.25, -0.2) is 0 Å². The van der Waals surface area contributed by atoms with Crippen LogP contribution in [0.1, 0.15) is 19.4 Å². The number of halogens is 1. The Bertz CT molecular complexity index is 566. The summed E-state index contributed by atoms with van der Waals surface area (Å²) < 4.78 is 5.79. The minimum absolute atomic E-state index is 0.142.